The van der Waals surface area contributed by atoms with Gasteiger partial charge < -0.3 is 4.74 Å². The van der Waals surface area contributed by atoms with E-state index in [1.165, 1.54) is 0 Å². The SMILES string of the molecule is CS(=O)(=O)NCC1Cn2nnc(-c3ccccc3)c2CO1. The molecule has 0 saturated heterocycles. The van der Waals surface area contributed by atoms with Gasteiger partial charge in [-0.1, -0.05) is 35.5 Å². The highest BCUT2D eigenvalue weighted by Gasteiger charge is 2.24. The first-order chi connectivity index (χ1) is 10.0. The van der Waals surface area contributed by atoms with Crippen LogP contribution >= 0.6 is 0 Å². The fourth-order valence-corrected chi connectivity index (χ4v) is 2.74. The third-order valence-corrected chi connectivity index (χ3v) is 3.98. The Balaban J connectivity index is 1.76. The molecular weight excluding hydrogens is 292 g/mol. The van der Waals surface area contributed by atoms with Crippen LogP contribution in [0.4, 0.5) is 0 Å². The standard InChI is InChI=1S/C13H16N4O3S/c1-21(18,19)14-7-11-8-17-12(9-20-11)13(15-16-17)10-5-3-2-4-6-10/h2-6,11,14H,7-9H2,1H3. The molecule has 0 saturated carbocycles. The second-order valence-corrected chi connectivity index (χ2v) is 6.82. The first-order valence-corrected chi connectivity index (χ1v) is 8.46. The average molecular weight is 308 g/mol. The molecule has 1 aromatic carbocycles. The van der Waals surface area contributed by atoms with Gasteiger partial charge in [-0.3, -0.25) is 0 Å². The van der Waals surface area contributed by atoms with Crippen LogP contribution in [0.5, 0.6) is 0 Å². The van der Waals surface area contributed by atoms with Crippen LogP contribution < -0.4 is 4.72 Å². The van der Waals surface area contributed by atoms with Crippen LogP contribution in [0.3, 0.4) is 0 Å². The third-order valence-electron chi connectivity index (χ3n) is 3.29. The zero-order valence-electron chi connectivity index (χ0n) is 11.6. The molecule has 0 radical (unpaired) electrons. The maximum Gasteiger partial charge on any atom is 0.208 e. The van der Waals surface area contributed by atoms with Gasteiger partial charge in [-0.05, 0) is 0 Å². The van der Waals surface area contributed by atoms with Crippen LogP contribution in [0.15, 0.2) is 30.3 Å². The Hall–Kier alpha value is -1.77. The van der Waals surface area contributed by atoms with Crippen molar-refractivity contribution in [1.29, 1.82) is 0 Å². The molecule has 0 aliphatic carbocycles. The normalized spacial score (nSPS) is 18.4. The molecule has 3 rings (SSSR count). The largest absolute Gasteiger partial charge is 0.369 e. The van der Waals surface area contributed by atoms with Gasteiger partial charge in [-0.25, -0.2) is 17.8 Å². The van der Waals surface area contributed by atoms with Crippen molar-refractivity contribution in [2.75, 3.05) is 12.8 Å². The van der Waals surface area contributed by atoms with Gasteiger partial charge in [-0.15, -0.1) is 5.10 Å². The maximum atomic E-state index is 11.1. The van der Waals surface area contributed by atoms with Crippen LogP contribution in [0.25, 0.3) is 11.3 Å². The molecular formula is C13H16N4O3S. The van der Waals surface area contributed by atoms with E-state index in [0.29, 0.717) is 13.2 Å². The van der Waals surface area contributed by atoms with Crippen molar-refractivity contribution in [3.05, 3.63) is 36.0 Å². The summed E-state index contributed by atoms with van der Waals surface area (Å²) < 4.78 is 32.1. The van der Waals surface area contributed by atoms with Crippen molar-refractivity contribution >= 4 is 10.0 Å². The van der Waals surface area contributed by atoms with Gasteiger partial charge >= 0.3 is 0 Å². The highest BCUT2D eigenvalue weighted by molar-refractivity contribution is 7.88. The number of nitrogens with one attached hydrogen (secondary N) is 1. The molecule has 0 amide bonds. The van der Waals surface area contributed by atoms with Gasteiger partial charge in [0.1, 0.15) is 5.69 Å². The molecule has 1 aliphatic heterocycles. The minimum Gasteiger partial charge on any atom is -0.369 e. The highest BCUT2D eigenvalue weighted by atomic mass is 32.2. The molecule has 0 bridgehead atoms. The van der Waals surface area contributed by atoms with Crippen molar-refractivity contribution in [2.24, 2.45) is 0 Å². The van der Waals surface area contributed by atoms with Gasteiger partial charge in [0, 0.05) is 12.1 Å². The van der Waals surface area contributed by atoms with E-state index in [2.05, 4.69) is 15.0 Å². The molecule has 1 unspecified atom stereocenters. The van der Waals surface area contributed by atoms with E-state index in [1.807, 2.05) is 30.3 Å². The van der Waals surface area contributed by atoms with Gasteiger partial charge in [0.25, 0.3) is 0 Å². The summed E-state index contributed by atoms with van der Waals surface area (Å²) in [5.41, 5.74) is 2.72. The van der Waals surface area contributed by atoms with E-state index in [0.717, 1.165) is 23.2 Å². The lowest BCUT2D eigenvalue weighted by Gasteiger charge is -2.24. The lowest BCUT2D eigenvalue weighted by atomic mass is 10.1. The number of aromatic nitrogens is 3. The number of hydrogen-bond acceptors (Lipinski definition) is 5. The van der Waals surface area contributed by atoms with E-state index >= 15 is 0 Å². The van der Waals surface area contributed by atoms with E-state index in [4.69, 9.17) is 4.74 Å². The number of benzene rings is 1. The predicted octanol–water partition coefficient (Wildman–Crippen LogP) is 0.393. The minimum atomic E-state index is -3.21. The first kappa shape index (κ1) is 14.2. The Labute approximate surface area is 123 Å². The van der Waals surface area contributed by atoms with Gasteiger partial charge in [0.2, 0.25) is 10.0 Å². The summed E-state index contributed by atoms with van der Waals surface area (Å²) in [7, 11) is -3.21. The van der Waals surface area contributed by atoms with Crippen LogP contribution in [0.1, 0.15) is 5.69 Å². The zero-order valence-corrected chi connectivity index (χ0v) is 12.4. The van der Waals surface area contributed by atoms with Crippen molar-refractivity contribution in [2.45, 2.75) is 19.3 Å². The van der Waals surface area contributed by atoms with Crippen LogP contribution in [0, 0.1) is 0 Å². The number of fused-ring (bicyclic) bond motifs is 1. The number of rotatable bonds is 4. The highest BCUT2D eigenvalue weighted by Crippen LogP contribution is 2.24. The molecule has 1 aromatic heterocycles. The number of hydrogen-bond donors (Lipinski definition) is 1. The molecule has 112 valence electrons. The topological polar surface area (TPSA) is 86.1 Å². The Morgan fingerprint density at radius 2 is 2.14 bits per heavy atom. The second kappa shape index (κ2) is 5.55. The molecule has 2 heterocycles. The van der Waals surface area contributed by atoms with Gasteiger partial charge in [0.05, 0.1) is 31.2 Å². The molecule has 7 nitrogen and oxygen atoms in total. The summed E-state index contributed by atoms with van der Waals surface area (Å²) in [5, 5.41) is 8.34. The Morgan fingerprint density at radius 3 is 2.86 bits per heavy atom. The number of ether oxygens (including phenoxy) is 1. The fourth-order valence-electron chi connectivity index (χ4n) is 2.25. The summed E-state index contributed by atoms with van der Waals surface area (Å²) in [6, 6.07) is 9.79. The van der Waals surface area contributed by atoms with Crippen molar-refractivity contribution in [1.82, 2.24) is 19.7 Å². The molecule has 1 aliphatic rings. The molecule has 2 aromatic rings. The second-order valence-electron chi connectivity index (χ2n) is 4.99. The minimum absolute atomic E-state index is 0.235. The van der Waals surface area contributed by atoms with Crippen molar-refractivity contribution in [3.8, 4) is 11.3 Å². The third kappa shape index (κ3) is 3.29. The van der Waals surface area contributed by atoms with E-state index in [-0.39, 0.29) is 12.6 Å². The quantitative estimate of drug-likeness (QED) is 0.883. The predicted molar refractivity (Wildman–Crippen MR) is 76.9 cm³/mol. The monoisotopic (exact) mass is 308 g/mol. The Morgan fingerprint density at radius 1 is 1.38 bits per heavy atom. The summed E-state index contributed by atoms with van der Waals surface area (Å²) in [6.07, 6.45) is 0.891. The zero-order chi connectivity index (χ0) is 14.9. The lowest BCUT2D eigenvalue weighted by molar-refractivity contribution is 0.00434. The van der Waals surface area contributed by atoms with Crippen molar-refractivity contribution < 1.29 is 13.2 Å². The number of nitrogens with zero attached hydrogens (tertiary/aromatic N) is 3. The summed E-state index contributed by atoms with van der Waals surface area (Å²) in [4.78, 5) is 0. The smallest absolute Gasteiger partial charge is 0.208 e. The van der Waals surface area contributed by atoms with Gasteiger partial charge in [-0.2, -0.15) is 0 Å². The van der Waals surface area contributed by atoms with E-state index in [9.17, 15) is 8.42 Å². The summed E-state index contributed by atoms with van der Waals surface area (Å²) in [6.45, 7) is 1.09. The van der Waals surface area contributed by atoms with E-state index in [1.54, 1.807) is 4.68 Å². The molecule has 8 heteroatoms. The maximum absolute atomic E-state index is 11.1. The first-order valence-electron chi connectivity index (χ1n) is 6.57. The van der Waals surface area contributed by atoms with Crippen molar-refractivity contribution in [3.63, 3.8) is 0 Å². The molecule has 1 atom stereocenters. The Kier molecular flexibility index (Phi) is 3.75. The Bertz CT molecular complexity index is 727. The molecule has 0 spiro atoms. The lowest BCUT2D eigenvalue weighted by Crippen LogP contribution is -2.38. The van der Waals surface area contributed by atoms with Crippen LogP contribution in [-0.2, 0) is 27.9 Å². The number of sulfonamides is 1. The van der Waals surface area contributed by atoms with E-state index < -0.39 is 10.0 Å². The fraction of sp³-hybridized carbons (Fsp3) is 0.385. The molecule has 1 N–H and O–H groups in total. The summed E-state index contributed by atoms with van der Waals surface area (Å²) in [5.74, 6) is 0. The molecule has 21 heavy (non-hydrogen) atoms. The van der Waals surface area contributed by atoms with Crippen LogP contribution in [0.2, 0.25) is 0 Å². The summed E-state index contributed by atoms with van der Waals surface area (Å²) >= 11 is 0. The van der Waals surface area contributed by atoms with Crippen LogP contribution in [-0.4, -0.2) is 42.3 Å². The molecule has 0 fully saturated rings. The average Bonchev–Trinajstić information content (AvgIpc) is 2.88. The van der Waals surface area contributed by atoms with Gasteiger partial charge in [0.15, 0.2) is 0 Å².